The van der Waals surface area contributed by atoms with E-state index in [1.54, 1.807) is 20.8 Å². The van der Waals surface area contributed by atoms with E-state index in [1.807, 2.05) is 5.38 Å². The number of anilines is 1. The van der Waals surface area contributed by atoms with Crippen LogP contribution in [0, 0.1) is 5.92 Å². The van der Waals surface area contributed by atoms with Gasteiger partial charge in [0.1, 0.15) is 5.69 Å². The van der Waals surface area contributed by atoms with Crippen LogP contribution in [0.2, 0.25) is 0 Å². The Hall–Kier alpha value is -1.51. The zero-order valence-electron chi connectivity index (χ0n) is 16.1. The van der Waals surface area contributed by atoms with Crippen molar-refractivity contribution in [3.63, 3.8) is 0 Å². The molecule has 0 radical (unpaired) electrons. The van der Waals surface area contributed by atoms with Gasteiger partial charge in [0.05, 0.1) is 4.75 Å². The summed E-state index contributed by atoms with van der Waals surface area (Å²) in [5.74, 6) is 0.572. The lowest BCUT2D eigenvalue weighted by atomic mass is 9.86. The van der Waals surface area contributed by atoms with Crippen molar-refractivity contribution in [2.24, 2.45) is 5.92 Å². The third kappa shape index (κ3) is 5.27. The molecule has 1 fully saturated rings. The lowest BCUT2D eigenvalue weighted by molar-refractivity contribution is 0.322. The molecule has 0 spiro atoms. The molecule has 0 unspecified atom stereocenters. The SMILES string of the molecule is CC(C)(C)S(=O)(=O)N[C@H]1CC[C@H](CNc2ccc(-c3csnn3)cc2)CC1. The van der Waals surface area contributed by atoms with Gasteiger partial charge in [0, 0.05) is 29.2 Å². The minimum Gasteiger partial charge on any atom is -0.385 e. The minimum atomic E-state index is -3.27. The topological polar surface area (TPSA) is 84.0 Å². The van der Waals surface area contributed by atoms with Crippen molar-refractivity contribution in [2.75, 3.05) is 11.9 Å². The highest BCUT2D eigenvalue weighted by atomic mass is 32.2. The molecule has 3 rings (SSSR count). The van der Waals surface area contributed by atoms with E-state index in [0.717, 1.165) is 49.2 Å². The molecule has 148 valence electrons. The monoisotopic (exact) mass is 408 g/mol. The third-order valence-electron chi connectivity index (χ3n) is 5.11. The average molecular weight is 409 g/mol. The van der Waals surface area contributed by atoms with Crippen molar-refractivity contribution in [1.82, 2.24) is 14.3 Å². The molecule has 8 heteroatoms. The molecule has 1 aromatic carbocycles. The Kier molecular flexibility index (Phi) is 6.18. The maximum atomic E-state index is 12.3. The molecule has 0 saturated heterocycles. The third-order valence-corrected chi connectivity index (χ3v) is 7.87. The summed E-state index contributed by atoms with van der Waals surface area (Å²) in [7, 11) is -3.27. The summed E-state index contributed by atoms with van der Waals surface area (Å²) in [6, 6.07) is 8.31. The number of nitrogens with one attached hydrogen (secondary N) is 2. The van der Waals surface area contributed by atoms with Gasteiger partial charge < -0.3 is 5.32 Å². The van der Waals surface area contributed by atoms with Crippen molar-refractivity contribution in [3.05, 3.63) is 29.6 Å². The predicted molar refractivity (Wildman–Crippen MR) is 111 cm³/mol. The molecule has 1 aromatic heterocycles. The van der Waals surface area contributed by atoms with Crippen LogP contribution in [0.1, 0.15) is 46.5 Å². The first-order chi connectivity index (χ1) is 12.7. The smallest absolute Gasteiger partial charge is 0.216 e. The van der Waals surface area contributed by atoms with Crippen molar-refractivity contribution < 1.29 is 8.42 Å². The van der Waals surface area contributed by atoms with Crippen LogP contribution >= 0.6 is 11.5 Å². The molecule has 0 amide bonds. The van der Waals surface area contributed by atoms with Gasteiger partial charge in [-0.05, 0) is 76.0 Å². The number of hydrogen-bond acceptors (Lipinski definition) is 6. The Balaban J connectivity index is 1.45. The summed E-state index contributed by atoms with van der Waals surface area (Å²) >= 11 is 1.35. The highest BCUT2D eigenvalue weighted by Crippen LogP contribution is 2.27. The van der Waals surface area contributed by atoms with Crippen LogP contribution in [0.5, 0.6) is 0 Å². The molecule has 1 heterocycles. The number of nitrogens with zero attached hydrogens (tertiary/aromatic N) is 2. The van der Waals surface area contributed by atoms with E-state index in [0.29, 0.717) is 5.92 Å². The number of rotatable bonds is 6. The van der Waals surface area contributed by atoms with Gasteiger partial charge in [-0.1, -0.05) is 16.6 Å². The molecule has 1 aliphatic carbocycles. The van der Waals surface area contributed by atoms with Crippen molar-refractivity contribution in [2.45, 2.75) is 57.2 Å². The Morgan fingerprint density at radius 1 is 1.11 bits per heavy atom. The lowest BCUT2D eigenvalue weighted by Gasteiger charge is -2.31. The van der Waals surface area contributed by atoms with Crippen molar-refractivity contribution >= 4 is 27.2 Å². The molecule has 1 saturated carbocycles. The normalized spacial score (nSPS) is 21.1. The van der Waals surface area contributed by atoms with Gasteiger partial charge in [0.15, 0.2) is 0 Å². The highest BCUT2D eigenvalue weighted by molar-refractivity contribution is 7.90. The Morgan fingerprint density at radius 2 is 1.78 bits per heavy atom. The zero-order chi connectivity index (χ0) is 19.5. The Labute approximate surface area is 166 Å². The van der Waals surface area contributed by atoms with Crippen molar-refractivity contribution in [3.8, 4) is 11.3 Å². The lowest BCUT2D eigenvalue weighted by Crippen LogP contribution is -2.46. The second kappa shape index (κ2) is 8.24. The van der Waals surface area contributed by atoms with Crippen LogP contribution in [0.4, 0.5) is 5.69 Å². The summed E-state index contributed by atoms with van der Waals surface area (Å²) in [6.07, 6.45) is 3.87. The molecule has 2 N–H and O–H groups in total. The first-order valence-corrected chi connectivity index (χ1v) is 11.7. The molecule has 27 heavy (non-hydrogen) atoms. The molecule has 6 nitrogen and oxygen atoms in total. The van der Waals surface area contributed by atoms with Gasteiger partial charge in [0.25, 0.3) is 0 Å². The van der Waals surface area contributed by atoms with E-state index in [1.165, 1.54) is 11.5 Å². The van der Waals surface area contributed by atoms with E-state index in [2.05, 4.69) is 43.9 Å². The second-order valence-corrected chi connectivity index (χ2v) is 11.3. The number of aromatic nitrogens is 2. The van der Waals surface area contributed by atoms with Crippen LogP contribution in [-0.4, -0.2) is 35.3 Å². The molecule has 0 aliphatic heterocycles. The number of hydrogen-bond donors (Lipinski definition) is 2. The summed E-state index contributed by atoms with van der Waals surface area (Å²) in [5, 5.41) is 9.52. The largest absolute Gasteiger partial charge is 0.385 e. The maximum Gasteiger partial charge on any atom is 0.216 e. The highest BCUT2D eigenvalue weighted by Gasteiger charge is 2.32. The van der Waals surface area contributed by atoms with Gasteiger partial charge in [-0.25, -0.2) is 13.1 Å². The van der Waals surface area contributed by atoms with Gasteiger partial charge in [-0.2, -0.15) is 0 Å². The average Bonchev–Trinajstić information content (AvgIpc) is 3.15. The van der Waals surface area contributed by atoms with E-state index < -0.39 is 14.8 Å². The van der Waals surface area contributed by atoms with Crippen LogP contribution in [0.3, 0.4) is 0 Å². The molecule has 0 atom stereocenters. The first kappa shape index (κ1) is 20.2. The summed E-state index contributed by atoms with van der Waals surface area (Å²) in [6.45, 7) is 6.12. The fraction of sp³-hybridized carbons (Fsp3) is 0.579. The Bertz CT molecular complexity index is 820. The zero-order valence-corrected chi connectivity index (χ0v) is 17.7. The van der Waals surface area contributed by atoms with E-state index >= 15 is 0 Å². The quantitative estimate of drug-likeness (QED) is 0.757. The van der Waals surface area contributed by atoms with Gasteiger partial charge in [-0.15, -0.1) is 5.10 Å². The van der Waals surface area contributed by atoms with E-state index in [9.17, 15) is 8.42 Å². The molecule has 1 aliphatic rings. The van der Waals surface area contributed by atoms with Crippen LogP contribution in [0.25, 0.3) is 11.3 Å². The van der Waals surface area contributed by atoms with Crippen LogP contribution < -0.4 is 10.0 Å². The fourth-order valence-corrected chi connectivity index (χ4v) is 4.69. The Morgan fingerprint density at radius 3 is 2.33 bits per heavy atom. The van der Waals surface area contributed by atoms with Crippen LogP contribution in [0.15, 0.2) is 29.6 Å². The van der Waals surface area contributed by atoms with Gasteiger partial charge in [-0.3, -0.25) is 0 Å². The summed E-state index contributed by atoms with van der Waals surface area (Å²) in [5.41, 5.74) is 3.07. The van der Waals surface area contributed by atoms with Gasteiger partial charge >= 0.3 is 0 Å². The van der Waals surface area contributed by atoms with Gasteiger partial charge in [0.2, 0.25) is 10.0 Å². The van der Waals surface area contributed by atoms with E-state index in [-0.39, 0.29) is 6.04 Å². The molecular weight excluding hydrogens is 380 g/mol. The maximum absolute atomic E-state index is 12.3. The fourth-order valence-electron chi connectivity index (χ4n) is 3.19. The van der Waals surface area contributed by atoms with Crippen molar-refractivity contribution in [1.29, 1.82) is 0 Å². The minimum absolute atomic E-state index is 0.0662. The number of benzene rings is 1. The number of sulfonamides is 1. The van der Waals surface area contributed by atoms with E-state index in [4.69, 9.17) is 0 Å². The predicted octanol–water partition coefficient (Wildman–Crippen LogP) is 3.89. The first-order valence-electron chi connectivity index (χ1n) is 9.38. The van der Waals surface area contributed by atoms with Crippen LogP contribution in [-0.2, 0) is 10.0 Å². The molecular formula is C19H28N4O2S2. The standard InChI is InChI=1S/C19H28N4O2S2/c1-19(2,3)27(24,25)22-17-8-4-14(5-9-17)12-20-16-10-6-15(7-11-16)18-13-26-23-21-18/h6-7,10-11,13-14,17,20,22H,4-5,8-9,12H2,1-3H3/t14-,17-. The second-order valence-electron chi connectivity index (χ2n) is 8.20. The summed E-state index contributed by atoms with van der Waals surface area (Å²) < 4.78 is 30.6. The molecule has 0 bridgehead atoms. The molecule has 2 aromatic rings. The summed E-state index contributed by atoms with van der Waals surface area (Å²) in [4.78, 5) is 0.